The van der Waals surface area contributed by atoms with Crippen molar-refractivity contribution in [3.05, 3.63) is 28.8 Å². The van der Waals surface area contributed by atoms with Crippen molar-refractivity contribution in [1.29, 1.82) is 0 Å². The topological polar surface area (TPSA) is 101 Å². The second kappa shape index (κ2) is 6.98. The maximum absolute atomic E-state index is 12.3. The van der Waals surface area contributed by atoms with Gasteiger partial charge in [-0.2, -0.15) is 0 Å². The second-order valence-corrected chi connectivity index (χ2v) is 6.77. The number of hydrogen-bond acceptors (Lipinski definition) is 7. The molecule has 0 spiro atoms. The highest BCUT2D eigenvalue weighted by Gasteiger charge is 2.28. The fourth-order valence-electron chi connectivity index (χ4n) is 2.29. The SMILES string of the molecule is CC(C)c1nnc(NC(=O)CN2C(=O)COc3ccc(C=O)cc32)s1. The summed E-state index contributed by atoms with van der Waals surface area (Å²) in [5, 5.41) is 11.8. The lowest BCUT2D eigenvalue weighted by Gasteiger charge is -2.28. The monoisotopic (exact) mass is 360 g/mol. The normalized spacial score (nSPS) is 13.4. The summed E-state index contributed by atoms with van der Waals surface area (Å²) in [5.74, 6) is -0.0800. The first-order chi connectivity index (χ1) is 12.0. The number of aromatic nitrogens is 2. The van der Waals surface area contributed by atoms with Gasteiger partial charge in [-0.25, -0.2) is 0 Å². The number of amides is 2. The van der Waals surface area contributed by atoms with Crippen LogP contribution < -0.4 is 15.0 Å². The minimum Gasteiger partial charge on any atom is -0.482 e. The van der Waals surface area contributed by atoms with Crippen LogP contribution in [-0.4, -0.2) is 41.4 Å². The highest BCUT2D eigenvalue weighted by Crippen LogP contribution is 2.32. The van der Waals surface area contributed by atoms with E-state index in [1.54, 1.807) is 12.1 Å². The van der Waals surface area contributed by atoms with E-state index in [1.165, 1.54) is 22.3 Å². The smallest absolute Gasteiger partial charge is 0.265 e. The Labute approximate surface area is 147 Å². The molecule has 0 unspecified atom stereocenters. The van der Waals surface area contributed by atoms with Crippen LogP contribution in [0.1, 0.15) is 35.1 Å². The summed E-state index contributed by atoms with van der Waals surface area (Å²) >= 11 is 1.30. The summed E-state index contributed by atoms with van der Waals surface area (Å²) in [5.41, 5.74) is 0.796. The zero-order valence-electron chi connectivity index (χ0n) is 13.7. The van der Waals surface area contributed by atoms with Crippen LogP contribution in [0.15, 0.2) is 18.2 Å². The molecule has 0 radical (unpaired) electrons. The molecule has 0 bridgehead atoms. The molecule has 0 saturated carbocycles. The first-order valence-corrected chi connectivity index (χ1v) is 8.45. The number of ether oxygens (including phenoxy) is 1. The predicted molar refractivity (Wildman–Crippen MR) is 92.3 cm³/mol. The number of benzene rings is 1. The van der Waals surface area contributed by atoms with Crippen molar-refractivity contribution in [2.24, 2.45) is 0 Å². The second-order valence-electron chi connectivity index (χ2n) is 5.76. The summed E-state index contributed by atoms with van der Waals surface area (Å²) in [4.78, 5) is 36.7. The van der Waals surface area contributed by atoms with E-state index in [-0.39, 0.29) is 25.0 Å². The molecule has 1 aromatic heterocycles. The number of anilines is 2. The van der Waals surface area contributed by atoms with Crippen molar-refractivity contribution in [3.8, 4) is 5.75 Å². The van der Waals surface area contributed by atoms with Gasteiger partial charge >= 0.3 is 0 Å². The Morgan fingerprint density at radius 3 is 2.92 bits per heavy atom. The molecule has 1 aliphatic heterocycles. The standard InChI is InChI=1S/C16H16N4O4S/c1-9(2)15-18-19-16(25-15)17-13(22)6-20-11-5-10(7-21)3-4-12(11)24-8-14(20)23/h3-5,7,9H,6,8H2,1-2H3,(H,17,19,22). The Morgan fingerprint density at radius 2 is 2.24 bits per heavy atom. The highest BCUT2D eigenvalue weighted by molar-refractivity contribution is 7.15. The number of nitrogens with one attached hydrogen (secondary N) is 1. The number of carbonyl (C=O) groups excluding carboxylic acids is 3. The van der Waals surface area contributed by atoms with Crippen LogP contribution in [0.2, 0.25) is 0 Å². The summed E-state index contributed by atoms with van der Waals surface area (Å²) in [6, 6.07) is 4.72. The molecule has 1 aliphatic rings. The lowest BCUT2D eigenvalue weighted by molar-refractivity contribution is -0.123. The van der Waals surface area contributed by atoms with E-state index in [2.05, 4.69) is 15.5 Å². The van der Waals surface area contributed by atoms with Crippen molar-refractivity contribution in [2.75, 3.05) is 23.4 Å². The van der Waals surface area contributed by atoms with E-state index in [4.69, 9.17) is 4.74 Å². The van der Waals surface area contributed by atoms with E-state index >= 15 is 0 Å². The van der Waals surface area contributed by atoms with Gasteiger partial charge in [0, 0.05) is 11.5 Å². The first-order valence-electron chi connectivity index (χ1n) is 7.63. The van der Waals surface area contributed by atoms with Crippen LogP contribution in [0, 0.1) is 0 Å². The fourth-order valence-corrected chi connectivity index (χ4v) is 3.05. The van der Waals surface area contributed by atoms with E-state index in [0.717, 1.165) is 5.01 Å². The quantitative estimate of drug-likeness (QED) is 0.817. The average Bonchev–Trinajstić information content (AvgIpc) is 3.05. The Hall–Kier alpha value is -2.81. The third-order valence-electron chi connectivity index (χ3n) is 3.54. The van der Waals surface area contributed by atoms with Crippen LogP contribution in [0.3, 0.4) is 0 Å². The van der Waals surface area contributed by atoms with Gasteiger partial charge in [-0.1, -0.05) is 25.2 Å². The average molecular weight is 360 g/mol. The number of nitrogens with zero attached hydrogens (tertiary/aromatic N) is 3. The molecule has 1 aromatic carbocycles. The number of aldehydes is 1. The number of rotatable bonds is 5. The molecule has 1 N–H and O–H groups in total. The lowest BCUT2D eigenvalue weighted by Crippen LogP contribution is -2.43. The summed E-state index contributed by atoms with van der Waals surface area (Å²) in [6.07, 6.45) is 0.673. The van der Waals surface area contributed by atoms with Crippen LogP contribution in [0.5, 0.6) is 5.75 Å². The van der Waals surface area contributed by atoms with Gasteiger partial charge in [0.05, 0.1) is 5.69 Å². The summed E-state index contributed by atoms with van der Waals surface area (Å²) < 4.78 is 5.34. The molecular weight excluding hydrogens is 344 g/mol. The van der Waals surface area contributed by atoms with E-state index in [1.807, 2.05) is 13.8 Å². The molecule has 0 aliphatic carbocycles. The molecule has 2 amide bonds. The Balaban J connectivity index is 1.76. The van der Waals surface area contributed by atoms with Crippen LogP contribution in [-0.2, 0) is 9.59 Å². The molecule has 2 heterocycles. The number of hydrogen-bond donors (Lipinski definition) is 1. The van der Waals surface area contributed by atoms with Gasteiger partial charge < -0.3 is 4.74 Å². The molecule has 130 valence electrons. The van der Waals surface area contributed by atoms with Crippen molar-refractivity contribution in [1.82, 2.24) is 10.2 Å². The first kappa shape index (κ1) is 17.0. The van der Waals surface area contributed by atoms with Crippen LogP contribution in [0.4, 0.5) is 10.8 Å². The van der Waals surface area contributed by atoms with Crippen molar-refractivity contribution >= 4 is 40.3 Å². The predicted octanol–water partition coefficient (Wildman–Crippen LogP) is 1.84. The Morgan fingerprint density at radius 1 is 1.44 bits per heavy atom. The van der Waals surface area contributed by atoms with Crippen LogP contribution in [0.25, 0.3) is 0 Å². The van der Waals surface area contributed by atoms with E-state index in [9.17, 15) is 14.4 Å². The minimum atomic E-state index is -0.399. The summed E-state index contributed by atoms with van der Waals surface area (Å²) in [6.45, 7) is 3.62. The minimum absolute atomic E-state index is 0.156. The van der Waals surface area contributed by atoms with Gasteiger partial charge in [-0.15, -0.1) is 10.2 Å². The molecule has 25 heavy (non-hydrogen) atoms. The fraction of sp³-hybridized carbons (Fsp3) is 0.312. The Bertz CT molecular complexity index is 833. The molecule has 0 atom stereocenters. The lowest BCUT2D eigenvalue weighted by atomic mass is 10.1. The molecule has 0 fully saturated rings. The summed E-state index contributed by atoms with van der Waals surface area (Å²) in [7, 11) is 0. The largest absolute Gasteiger partial charge is 0.482 e. The Kier molecular flexibility index (Phi) is 4.75. The van der Waals surface area contributed by atoms with Crippen molar-refractivity contribution in [2.45, 2.75) is 19.8 Å². The van der Waals surface area contributed by atoms with Crippen molar-refractivity contribution in [3.63, 3.8) is 0 Å². The van der Waals surface area contributed by atoms with E-state index in [0.29, 0.717) is 28.4 Å². The zero-order chi connectivity index (χ0) is 18.0. The van der Waals surface area contributed by atoms with E-state index < -0.39 is 5.91 Å². The van der Waals surface area contributed by atoms with Gasteiger partial charge in [-0.05, 0) is 18.2 Å². The third-order valence-corrected chi connectivity index (χ3v) is 4.68. The number of fused-ring (bicyclic) bond motifs is 1. The third kappa shape index (κ3) is 3.66. The van der Waals surface area contributed by atoms with Gasteiger partial charge in [0.1, 0.15) is 23.6 Å². The highest BCUT2D eigenvalue weighted by atomic mass is 32.1. The van der Waals surface area contributed by atoms with Crippen LogP contribution >= 0.6 is 11.3 Å². The number of carbonyl (C=O) groups is 3. The van der Waals surface area contributed by atoms with Gasteiger partial charge in [0.25, 0.3) is 5.91 Å². The van der Waals surface area contributed by atoms with Gasteiger partial charge in [0.2, 0.25) is 11.0 Å². The molecule has 3 rings (SSSR count). The maximum atomic E-state index is 12.3. The zero-order valence-corrected chi connectivity index (χ0v) is 14.5. The molecule has 2 aromatic rings. The maximum Gasteiger partial charge on any atom is 0.265 e. The molecule has 9 heteroatoms. The van der Waals surface area contributed by atoms with Gasteiger partial charge in [0.15, 0.2) is 6.61 Å². The molecule has 8 nitrogen and oxygen atoms in total. The molecule has 0 saturated heterocycles. The van der Waals surface area contributed by atoms with Crippen molar-refractivity contribution < 1.29 is 19.1 Å². The van der Waals surface area contributed by atoms with Gasteiger partial charge in [-0.3, -0.25) is 24.6 Å². The molecular formula is C16H16N4O4S.